The number of thioether (sulfide) groups is 1. The zero-order chi connectivity index (χ0) is 10.1. The maximum Gasteiger partial charge on any atom is 0.151 e. The molecule has 0 unspecified atom stereocenters. The van der Waals surface area contributed by atoms with Crippen molar-refractivity contribution < 1.29 is 4.79 Å². The number of rotatable bonds is 2. The third-order valence-electron chi connectivity index (χ3n) is 2.33. The summed E-state index contributed by atoms with van der Waals surface area (Å²) in [6.07, 6.45) is 3.00. The van der Waals surface area contributed by atoms with Gasteiger partial charge in [0, 0.05) is 25.9 Å². The summed E-state index contributed by atoms with van der Waals surface area (Å²) in [4.78, 5) is 12.1. The minimum atomic E-state index is 0.818. The molecule has 0 N–H and O–H groups in total. The minimum Gasteiger partial charge on any atom is -0.298 e. The van der Waals surface area contributed by atoms with Gasteiger partial charge in [-0.25, -0.2) is 0 Å². The van der Waals surface area contributed by atoms with Crippen LogP contribution >= 0.6 is 23.1 Å². The molecule has 3 heteroatoms. The van der Waals surface area contributed by atoms with E-state index in [1.807, 2.05) is 5.38 Å². The monoisotopic (exact) mass is 222 g/mol. The molecule has 0 fully saturated rings. The molecular formula is C11H10OS2. The van der Waals surface area contributed by atoms with Gasteiger partial charge >= 0.3 is 0 Å². The Bertz CT molecular complexity index is 485. The molecule has 0 atom stereocenters. The highest BCUT2D eigenvalue weighted by Gasteiger charge is 2.08. The van der Waals surface area contributed by atoms with E-state index in [9.17, 15) is 4.79 Å². The number of hydrogen-bond donors (Lipinski definition) is 0. The second-order valence-corrected chi connectivity index (χ2v) is 4.83. The number of thiophene rings is 1. The van der Waals surface area contributed by atoms with Crippen molar-refractivity contribution in [1.82, 2.24) is 0 Å². The van der Waals surface area contributed by atoms with Crippen LogP contribution in [0.5, 0.6) is 0 Å². The Morgan fingerprint density at radius 1 is 1.43 bits per heavy atom. The van der Waals surface area contributed by atoms with Crippen LogP contribution in [0.4, 0.5) is 0 Å². The van der Waals surface area contributed by atoms with Gasteiger partial charge in [0.05, 0.1) is 0 Å². The second kappa shape index (κ2) is 3.75. The zero-order valence-corrected chi connectivity index (χ0v) is 9.67. The molecule has 72 valence electrons. The molecule has 0 saturated heterocycles. The number of aldehydes is 1. The lowest BCUT2D eigenvalue weighted by Gasteiger charge is -2.03. The molecule has 1 nitrogen and oxygen atoms in total. The molecule has 0 aliphatic heterocycles. The summed E-state index contributed by atoms with van der Waals surface area (Å²) in [7, 11) is 0. The largest absolute Gasteiger partial charge is 0.298 e. The first kappa shape index (κ1) is 9.74. The molecule has 0 spiro atoms. The molecular weight excluding hydrogens is 212 g/mol. The third-order valence-corrected chi connectivity index (χ3v) is 4.17. The lowest BCUT2D eigenvalue weighted by Crippen LogP contribution is -1.83. The summed E-state index contributed by atoms with van der Waals surface area (Å²) < 4.78 is 1.20. The molecule has 1 heterocycles. The zero-order valence-electron chi connectivity index (χ0n) is 8.03. The highest BCUT2D eigenvalue weighted by atomic mass is 32.2. The van der Waals surface area contributed by atoms with Crippen LogP contribution in [0.15, 0.2) is 22.4 Å². The lowest BCUT2D eigenvalue weighted by molar-refractivity contribution is 0.112. The number of carbonyl (C=O) groups excluding carboxylic acids is 1. The van der Waals surface area contributed by atoms with Gasteiger partial charge in [0.15, 0.2) is 6.29 Å². The van der Waals surface area contributed by atoms with E-state index in [0.717, 1.165) is 17.2 Å². The van der Waals surface area contributed by atoms with Crippen LogP contribution in [0.2, 0.25) is 0 Å². The predicted octanol–water partition coefficient (Wildman–Crippen LogP) is 3.74. The fraction of sp³-hybridized carbons (Fsp3) is 0.182. The fourth-order valence-corrected chi connectivity index (χ4v) is 3.19. The third kappa shape index (κ3) is 1.37. The van der Waals surface area contributed by atoms with Gasteiger partial charge in [-0.3, -0.25) is 4.79 Å². The van der Waals surface area contributed by atoms with Crippen molar-refractivity contribution >= 4 is 39.5 Å². The average Bonchev–Trinajstić information content (AvgIpc) is 2.62. The van der Waals surface area contributed by atoms with Crippen molar-refractivity contribution in [2.75, 3.05) is 6.26 Å². The van der Waals surface area contributed by atoms with Crippen molar-refractivity contribution in [3.05, 3.63) is 28.6 Å². The molecule has 2 aromatic rings. The van der Waals surface area contributed by atoms with E-state index in [1.165, 1.54) is 15.2 Å². The Hall–Kier alpha value is -0.800. The molecule has 0 saturated carbocycles. The van der Waals surface area contributed by atoms with Gasteiger partial charge in [-0.15, -0.1) is 23.1 Å². The van der Waals surface area contributed by atoms with E-state index in [0.29, 0.717) is 0 Å². The van der Waals surface area contributed by atoms with Crippen LogP contribution in [0, 0.1) is 6.92 Å². The van der Waals surface area contributed by atoms with Gasteiger partial charge in [0.1, 0.15) is 0 Å². The van der Waals surface area contributed by atoms with E-state index in [1.54, 1.807) is 23.1 Å². The van der Waals surface area contributed by atoms with E-state index >= 15 is 0 Å². The number of fused-ring (bicyclic) bond motifs is 1. The smallest absolute Gasteiger partial charge is 0.151 e. The SMILES string of the molecule is CSc1ccc2scc(C=O)c2c1C. The van der Waals surface area contributed by atoms with E-state index in [2.05, 4.69) is 25.3 Å². The van der Waals surface area contributed by atoms with Crippen molar-refractivity contribution in [3.8, 4) is 0 Å². The van der Waals surface area contributed by atoms with E-state index in [4.69, 9.17) is 0 Å². The van der Waals surface area contributed by atoms with Gasteiger partial charge in [-0.1, -0.05) is 0 Å². The lowest BCUT2D eigenvalue weighted by atomic mass is 10.1. The fourth-order valence-electron chi connectivity index (χ4n) is 1.62. The van der Waals surface area contributed by atoms with Gasteiger partial charge in [-0.2, -0.15) is 0 Å². The number of carbonyl (C=O) groups is 1. The molecule has 0 aliphatic rings. The average molecular weight is 222 g/mol. The predicted molar refractivity (Wildman–Crippen MR) is 63.7 cm³/mol. The standard InChI is InChI=1S/C11H10OS2/c1-7-9(13-2)3-4-10-11(7)8(5-12)6-14-10/h3-6H,1-2H3. The topological polar surface area (TPSA) is 17.1 Å². The maximum absolute atomic E-state index is 10.8. The van der Waals surface area contributed by atoms with Crippen LogP contribution < -0.4 is 0 Å². The molecule has 14 heavy (non-hydrogen) atoms. The van der Waals surface area contributed by atoms with Crippen molar-refractivity contribution in [2.45, 2.75) is 11.8 Å². The van der Waals surface area contributed by atoms with Crippen LogP contribution in [-0.2, 0) is 0 Å². The highest BCUT2D eigenvalue weighted by Crippen LogP contribution is 2.33. The number of aryl methyl sites for hydroxylation is 1. The summed E-state index contributed by atoms with van der Waals surface area (Å²) in [5.41, 5.74) is 2.04. The van der Waals surface area contributed by atoms with Gasteiger partial charge < -0.3 is 0 Å². The number of benzene rings is 1. The summed E-state index contributed by atoms with van der Waals surface area (Å²) in [6, 6.07) is 4.21. The van der Waals surface area contributed by atoms with Crippen molar-refractivity contribution in [3.63, 3.8) is 0 Å². The molecule has 0 aliphatic carbocycles. The first-order valence-electron chi connectivity index (χ1n) is 4.28. The quantitative estimate of drug-likeness (QED) is 0.568. The Labute approximate surface area is 91.1 Å². The molecule has 0 radical (unpaired) electrons. The Morgan fingerprint density at radius 2 is 2.21 bits per heavy atom. The van der Waals surface area contributed by atoms with Crippen molar-refractivity contribution in [2.24, 2.45) is 0 Å². The first-order chi connectivity index (χ1) is 6.77. The van der Waals surface area contributed by atoms with E-state index < -0.39 is 0 Å². The van der Waals surface area contributed by atoms with Crippen LogP contribution in [-0.4, -0.2) is 12.5 Å². The van der Waals surface area contributed by atoms with E-state index in [-0.39, 0.29) is 0 Å². The minimum absolute atomic E-state index is 0.818. The van der Waals surface area contributed by atoms with Gasteiger partial charge in [0.2, 0.25) is 0 Å². The highest BCUT2D eigenvalue weighted by molar-refractivity contribution is 7.98. The number of hydrogen-bond acceptors (Lipinski definition) is 3. The van der Waals surface area contributed by atoms with Crippen LogP contribution in [0.1, 0.15) is 15.9 Å². The van der Waals surface area contributed by atoms with Gasteiger partial charge in [0.25, 0.3) is 0 Å². The molecule has 1 aromatic heterocycles. The van der Waals surface area contributed by atoms with Crippen molar-refractivity contribution in [1.29, 1.82) is 0 Å². The molecule has 0 bridgehead atoms. The summed E-state index contributed by atoms with van der Waals surface area (Å²) in [5.74, 6) is 0. The maximum atomic E-state index is 10.8. The molecule has 0 amide bonds. The Balaban J connectivity index is 2.83. The molecule has 1 aromatic carbocycles. The summed E-state index contributed by atoms with van der Waals surface area (Å²) >= 11 is 3.35. The second-order valence-electron chi connectivity index (χ2n) is 3.07. The van der Waals surface area contributed by atoms with Gasteiger partial charge in [-0.05, 0) is 30.9 Å². The van der Waals surface area contributed by atoms with Crippen LogP contribution in [0.25, 0.3) is 10.1 Å². The molecule has 2 rings (SSSR count). The Morgan fingerprint density at radius 3 is 2.86 bits per heavy atom. The summed E-state index contributed by atoms with van der Waals surface area (Å²) in [5, 5.41) is 3.05. The normalized spacial score (nSPS) is 10.7. The Kier molecular flexibility index (Phi) is 2.61. The first-order valence-corrected chi connectivity index (χ1v) is 6.38. The summed E-state index contributed by atoms with van der Waals surface area (Å²) in [6.45, 7) is 2.08. The van der Waals surface area contributed by atoms with Crippen LogP contribution in [0.3, 0.4) is 0 Å².